The van der Waals surface area contributed by atoms with Gasteiger partial charge >= 0.3 is 0 Å². The van der Waals surface area contributed by atoms with Gasteiger partial charge in [0.1, 0.15) is 11.4 Å². The van der Waals surface area contributed by atoms with Crippen LogP contribution in [-0.2, 0) is 11.3 Å². The summed E-state index contributed by atoms with van der Waals surface area (Å²) in [5.41, 5.74) is 4.56. The van der Waals surface area contributed by atoms with E-state index < -0.39 is 5.91 Å². The van der Waals surface area contributed by atoms with Crippen LogP contribution in [0.15, 0.2) is 59.8 Å². The molecule has 1 spiro atoms. The average molecular weight is 407 g/mol. The van der Waals surface area contributed by atoms with Gasteiger partial charge in [0.25, 0.3) is 5.91 Å². The fourth-order valence-corrected chi connectivity index (χ4v) is 4.17. The van der Waals surface area contributed by atoms with Crippen LogP contribution in [0.25, 0.3) is 6.08 Å². The van der Waals surface area contributed by atoms with Crippen LogP contribution in [0.5, 0.6) is 5.75 Å². The third-order valence-corrected chi connectivity index (χ3v) is 5.80. The first-order valence-electron chi connectivity index (χ1n) is 10.0. The maximum Gasteiger partial charge on any atom is 0.267 e. The molecule has 0 aromatic heterocycles. The van der Waals surface area contributed by atoms with E-state index in [0.29, 0.717) is 17.9 Å². The van der Waals surface area contributed by atoms with Crippen molar-refractivity contribution in [2.24, 2.45) is 5.16 Å². The molecule has 0 saturated carbocycles. The zero-order chi connectivity index (χ0) is 21.0. The summed E-state index contributed by atoms with van der Waals surface area (Å²) >= 11 is 0. The maximum absolute atomic E-state index is 11.2. The van der Waals surface area contributed by atoms with Crippen LogP contribution in [0.1, 0.15) is 36.0 Å². The number of piperidine rings is 1. The normalized spacial score (nSPS) is 19.6. The van der Waals surface area contributed by atoms with Gasteiger partial charge in [-0.1, -0.05) is 41.6 Å². The molecule has 156 valence electrons. The van der Waals surface area contributed by atoms with Gasteiger partial charge in [-0.25, -0.2) is 5.48 Å². The first-order valence-corrected chi connectivity index (χ1v) is 10.0. The Labute approximate surface area is 175 Å². The standard InChI is InChI=1S/C23H25N3O4/c27-22(25-29)9-7-17-6-8-21-19(14-17)20(24-28)15-23(30-21)10-12-26(13-11-23)16-18-4-2-1-3-5-18/h1-9,14,28-29H,10-13,15-16H2,(H,25,27)/b9-7+,24-20?. The number of ether oxygens (including phenoxy) is 1. The molecule has 7 heteroatoms. The second-order valence-corrected chi connectivity index (χ2v) is 7.84. The Balaban J connectivity index is 1.47. The van der Waals surface area contributed by atoms with Gasteiger partial charge in [-0.05, 0) is 29.3 Å². The smallest absolute Gasteiger partial charge is 0.267 e. The number of hydrogen-bond donors (Lipinski definition) is 3. The average Bonchev–Trinajstić information content (AvgIpc) is 2.79. The van der Waals surface area contributed by atoms with Crippen LogP contribution >= 0.6 is 0 Å². The summed E-state index contributed by atoms with van der Waals surface area (Å²) in [6.07, 6.45) is 5.06. The molecule has 2 aromatic carbocycles. The molecule has 1 amide bonds. The summed E-state index contributed by atoms with van der Waals surface area (Å²) in [5, 5.41) is 21.8. The number of nitrogens with zero attached hydrogens (tertiary/aromatic N) is 2. The second kappa shape index (κ2) is 8.69. The Bertz CT molecular complexity index is 964. The molecule has 4 rings (SSSR count). The number of carbonyl (C=O) groups is 1. The quantitative estimate of drug-likeness (QED) is 0.313. The Morgan fingerprint density at radius 3 is 2.67 bits per heavy atom. The molecule has 2 heterocycles. The van der Waals surface area contributed by atoms with E-state index in [1.165, 1.54) is 11.6 Å². The Hall–Kier alpha value is -3.16. The highest BCUT2D eigenvalue weighted by molar-refractivity contribution is 6.04. The molecule has 0 aliphatic carbocycles. The minimum atomic E-state index is -0.610. The number of hydrogen-bond acceptors (Lipinski definition) is 6. The Morgan fingerprint density at radius 1 is 1.20 bits per heavy atom. The summed E-state index contributed by atoms with van der Waals surface area (Å²) < 4.78 is 6.43. The largest absolute Gasteiger partial charge is 0.486 e. The molecule has 1 saturated heterocycles. The van der Waals surface area contributed by atoms with Crippen molar-refractivity contribution < 1.29 is 19.9 Å². The van der Waals surface area contributed by atoms with Gasteiger partial charge in [-0.15, -0.1) is 0 Å². The highest BCUT2D eigenvalue weighted by Crippen LogP contribution is 2.40. The van der Waals surface area contributed by atoms with Crippen molar-refractivity contribution in [3.8, 4) is 5.75 Å². The predicted octanol–water partition coefficient (Wildman–Crippen LogP) is 3.20. The van der Waals surface area contributed by atoms with Crippen molar-refractivity contribution in [2.45, 2.75) is 31.4 Å². The molecule has 2 aromatic rings. The molecule has 1 fully saturated rings. The molecule has 0 atom stereocenters. The summed E-state index contributed by atoms with van der Waals surface area (Å²) in [7, 11) is 0. The van der Waals surface area contributed by atoms with E-state index in [-0.39, 0.29) is 5.60 Å². The lowest BCUT2D eigenvalue weighted by molar-refractivity contribution is -0.124. The van der Waals surface area contributed by atoms with Crippen molar-refractivity contribution in [3.63, 3.8) is 0 Å². The summed E-state index contributed by atoms with van der Waals surface area (Å²) in [6, 6.07) is 15.9. The molecular formula is C23H25N3O4. The predicted molar refractivity (Wildman–Crippen MR) is 113 cm³/mol. The van der Waals surface area contributed by atoms with E-state index in [4.69, 9.17) is 9.94 Å². The van der Waals surface area contributed by atoms with Gasteiger partial charge < -0.3 is 9.94 Å². The zero-order valence-electron chi connectivity index (χ0n) is 16.6. The van der Waals surface area contributed by atoms with E-state index in [0.717, 1.165) is 43.6 Å². The molecule has 7 nitrogen and oxygen atoms in total. The lowest BCUT2D eigenvalue weighted by Crippen LogP contribution is -2.50. The first-order chi connectivity index (χ1) is 14.6. The van der Waals surface area contributed by atoms with Gasteiger partial charge in [0.15, 0.2) is 0 Å². The number of benzene rings is 2. The molecule has 3 N–H and O–H groups in total. The van der Waals surface area contributed by atoms with Gasteiger partial charge in [0.2, 0.25) is 0 Å². The number of amides is 1. The SMILES string of the molecule is O=C(/C=C/c1ccc2c(c1)C(=NO)CC1(CCN(Cc3ccccc3)CC1)O2)NO. The van der Waals surface area contributed by atoms with Crippen molar-refractivity contribution in [1.29, 1.82) is 0 Å². The topological polar surface area (TPSA) is 94.4 Å². The number of carbonyl (C=O) groups excluding carboxylic acids is 1. The summed E-state index contributed by atoms with van der Waals surface area (Å²) in [4.78, 5) is 13.6. The molecule has 0 bridgehead atoms. The third-order valence-electron chi connectivity index (χ3n) is 5.80. The lowest BCUT2D eigenvalue weighted by Gasteiger charge is -2.44. The fourth-order valence-electron chi connectivity index (χ4n) is 4.17. The van der Waals surface area contributed by atoms with Crippen LogP contribution in [0, 0.1) is 0 Å². The Morgan fingerprint density at radius 2 is 1.97 bits per heavy atom. The van der Waals surface area contributed by atoms with Crippen LogP contribution < -0.4 is 10.2 Å². The number of fused-ring (bicyclic) bond motifs is 1. The van der Waals surface area contributed by atoms with Crippen LogP contribution in [0.3, 0.4) is 0 Å². The van der Waals surface area contributed by atoms with E-state index in [1.54, 1.807) is 11.6 Å². The van der Waals surface area contributed by atoms with Crippen LogP contribution in [0.4, 0.5) is 0 Å². The highest BCUT2D eigenvalue weighted by atomic mass is 16.5. The van der Waals surface area contributed by atoms with E-state index in [2.05, 4.69) is 34.3 Å². The zero-order valence-corrected chi connectivity index (χ0v) is 16.6. The molecule has 30 heavy (non-hydrogen) atoms. The molecule has 0 radical (unpaired) electrons. The van der Waals surface area contributed by atoms with Gasteiger partial charge in [-0.2, -0.15) is 0 Å². The van der Waals surface area contributed by atoms with Gasteiger partial charge in [0, 0.05) is 50.5 Å². The summed E-state index contributed by atoms with van der Waals surface area (Å²) in [5.74, 6) is 0.0792. The third kappa shape index (κ3) is 4.37. The van der Waals surface area contributed by atoms with Crippen molar-refractivity contribution in [1.82, 2.24) is 10.4 Å². The maximum atomic E-state index is 11.2. The molecular weight excluding hydrogens is 382 g/mol. The monoisotopic (exact) mass is 407 g/mol. The minimum Gasteiger partial charge on any atom is -0.486 e. The molecule has 0 unspecified atom stereocenters. The molecule has 2 aliphatic heterocycles. The first kappa shape index (κ1) is 20.1. The number of hydroxylamine groups is 1. The molecule has 2 aliphatic rings. The highest BCUT2D eigenvalue weighted by Gasteiger charge is 2.42. The van der Waals surface area contributed by atoms with E-state index >= 15 is 0 Å². The fraction of sp³-hybridized carbons (Fsp3) is 0.304. The van der Waals surface area contributed by atoms with Gasteiger partial charge in [0.05, 0.1) is 5.71 Å². The van der Waals surface area contributed by atoms with E-state index in [1.807, 2.05) is 24.3 Å². The number of oxime groups is 1. The number of nitrogens with one attached hydrogen (secondary N) is 1. The number of rotatable bonds is 4. The lowest BCUT2D eigenvalue weighted by atomic mass is 9.81. The summed E-state index contributed by atoms with van der Waals surface area (Å²) in [6.45, 7) is 2.76. The van der Waals surface area contributed by atoms with E-state index in [9.17, 15) is 10.0 Å². The van der Waals surface area contributed by atoms with Crippen LogP contribution in [0.2, 0.25) is 0 Å². The minimum absolute atomic E-state index is 0.365. The van der Waals surface area contributed by atoms with Gasteiger partial charge in [-0.3, -0.25) is 14.9 Å². The van der Waals surface area contributed by atoms with Crippen molar-refractivity contribution >= 4 is 17.7 Å². The van der Waals surface area contributed by atoms with Crippen molar-refractivity contribution in [2.75, 3.05) is 13.1 Å². The number of likely N-dealkylation sites (tertiary alicyclic amines) is 1. The van der Waals surface area contributed by atoms with Crippen LogP contribution in [-0.4, -0.2) is 45.6 Å². The Kier molecular flexibility index (Phi) is 5.83. The van der Waals surface area contributed by atoms with Crippen molar-refractivity contribution in [3.05, 3.63) is 71.3 Å². The second-order valence-electron chi connectivity index (χ2n) is 7.84.